The average molecular weight is 483 g/mol. The fraction of sp³-hybridized carbons (Fsp3) is 0.423. The smallest absolute Gasteiger partial charge is 0.200 e. The van der Waals surface area contributed by atoms with E-state index in [2.05, 4.69) is 29.0 Å². The lowest BCUT2D eigenvalue weighted by atomic mass is 9.66. The monoisotopic (exact) mass is 482 g/mol. The van der Waals surface area contributed by atoms with Crippen LogP contribution in [0.25, 0.3) is 11.3 Å². The van der Waals surface area contributed by atoms with Crippen LogP contribution in [0.4, 0.5) is 8.78 Å². The first-order valence-electron chi connectivity index (χ1n) is 11.6. The van der Waals surface area contributed by atoms with Crippen LogP contribution < -0.4 is 0 Å². The van der Waals surface area contributed by atoms with Crippen LogP contribution in [-0.2, 0) is 5.41 Å². The lowest BCUT2D eigenvalue weighted by molar-refractivity contribution is 0.0968. The topological polar surface area (TPSA) is 68.6 Å². The van der Waals surface area contributed by atoms with Gasteiger partial charge in [0.15, 0.2) is 11.6 Å². The number of ketones is 1. The van der Waals surface area contributed by atoms with Crippen molar-refractivity contribution in [2.24, 2.45) is 5.41 Å². The molecule has 1 saturated carbocycles. The Hall–Kier alpha value is -2.80. The van der Waals surface area contributed by atoms with E-state index in [9.17, 15) is 13.6 Å². The highest BCUT2D eigenvalue weighted by Crippen LogP contribution is 2.70. The van der Waals surface area contributed by atoms with Crippen molar-refractivity contribution in [3.63, 3.8) is 0 Å². The molecule has 0 unspecified atom stereocenters. The van der Waals surface area contributed by atoms with E-state index in [1.807, 2.05) is 6.92 Å². The quantitative estimate of drug-likeness (QED) is 0.378. The minimum Gasteiger partial charge on any atom is -0.291 e. The van der Waals surface area contributed by atoms with Gasteiger partial charge < -0.3 is 0 Å². The molecule has 2 aliphatic carbocycles. The van der Waals surface area contributed by atoms with E-state index in [0.29, 0.717) is 22.8 Å². The van der Waals surface area contributed by atoms with Crippen LogP contribution in [0.3, 0.4) is 0 Å². The predicted octanol–water partition coefficient (Wildman–Crippen LogP) is 6.44. The summed E-state index contributed by atoms with van der Waals surface area (Å²) < 4.78 is 28.9. The van der Waals surface area contributed by atoms with E-state index in [1.54, 1.807) is 6.07 Å². The molecule has 34 heavy (non-hydrogen) atoms. The van der Waals surface area contributed by atoms with Crippen molar-refractivity contribution in [2.45, 2.75) is 64.2 Å². The summed E-state index contributed by atoms with van der Waals surface area (Å²) in [6.07, 6.45) is 5.12. The molecule has 2 heterocycles. The second-order valence-electron chi connectivity index (χ2n) is 9.77. The Labute approximate surface area is 202 Å². The molecule has 0 spiro atoms. The maximum Gasteiger partial charge on any atom is 0.200 e. The molecular weight excluding hydrogens is 458 g/mol. The fourth-order valence-electron chi connectivity index (χ4n) is 5.96. The summed E-state index contributed by atoms with van der Waals surface area (Å²) in [5.41, 5.74) is 1.14. The highest BCUT2D eigenvalue weighted by atomic mass is 35.5. The van der Waals surface area contributed by atoms with Gasteiger partial charge >= 0.3 is 0 Å². The van der Waals surface area contributed by atoms with Crippen molar-refractivity contribution in [1.29, 1.82) is 0 Å². The molecule has 2 bridgehead atoms. The number of halogens is 3. The zero-order valence-corrected chi connectivity index (χ0v) is 20.1. The number of hydrogen-bond acceptors (Lipinski definition) is 5. The fourth-order valence-corrected chi connectivity index (χ4v) is 6.22. The zero-order valence-electron chi connectivity index (χ0n) is 19.3. The molecule has 5 rings (SSSR count). The first-order valence-corrected chi connectivity index (χ1v) is 12.0. The minimum absolute atomic E-state index is 0.0804. The first-order chi connectivity index (χ1) is 16.2. The maximum atomic E-state index is 14.5. The van der Waals surface area contributed by atoms with Gasteiger partial charge in [-0.3, -0.25) is 4.79 Å². The predicted molar refractivity (Wildman–Crippen MR) is 125 cm³/mol. The Morgan fingerprint density at radius 1 is 1.18 bits per heavy atom. The van der Waals surface area contributed by atoms with E-state index < -0.39 is 17.0 Å². The van der Waals surface area contributed by atoms with Gasteiger partial charge in [0, 0.05) is 6.42 Å². The number of hydrogen-bond donors (Lipinski definition) is 0. The Kier molecular flexibility index (Phi) is 5.51. The Morgan fingerprint density at radius 2 is 1.91 bits per heavy atom. The molecule has 5 nitrogen and oxygen atoms in total. The molecule has 0 amide bonds. The second-order valence-corrected chi connectivity index (χ2v) is 10.2. The van der Waals surface area contributed by atoms with E-state index in [-0.39, 0.29) is 34.2 Å². The van der Waals surface area contributed by atoms with Gasteiger partial charge in [0.2, 0.25) is 0 Å². The van der Waals surface area contributed by atoms with Crippen molar-refractivity contribution in [2.75, 3.05) is 0 Å². The van der Waals surface area contributed by atoms with Gasteiger partial charge in [-0.1, -0.05) is 44.9 Å². The Morgan fingerprint density at radius 3 is 2.62 bits per heavy atom. The van der Waals surface area contributed by atoms with Gasteiger partial charge in [0.25, 0.3) is 0 Å². The standard InChI is InChI=1S/C26H25ClF2N4O/c1-4-5-9-20(34)24-30-13-16(27)23(31-24)26-11-10-15(25(26,2)3)14-12-19(32-33-22(14)26)21-17(28)7-6-8-18(21)29/h6-8,12-13,15H,4-5,9-11H2,1-3H3/t15-,26+/m0/s1. The van der Waals surface area contributed by atoms with Crippen molar-refractivity contribution < 1.29 is 13.6 Å². The van der Waals surface area contributed by atoms with Gasteiger partial charge in [-0.2, -0.15) is 5.10 Å². The van der Waals surface area contributed by atoms with Gasteiger partial charge in [0.1, 0.15) is 11.6 Å². The molecule has 0 radical (unpaired) electrons. The third kappa shape index (κ3) is 3.13. The van der Waals surface area contributed by atoms with Crippen LogP contribution in [0.5, 0.6) is 0 Å². The number of benzene rings is 1. The average Bonchev–Trinajstić information content (AvgIpc) is 3.18. The number of aromatic nitrogens is 4. The lowest BCUT2D eigenvalue weighted by Gasteiger charge is -2.37. The van der Waals surface area contributed by atoms with E-state index in [1.165, 1.54) is 24.4 Å². The summed E-state index contributed by atoms with van der Waals surface area (Å²) in [4.78, 5) is 21.6. The van der Waals surface area contributed by atoms with Crippen LogP contribution in [0.15, 0.2) is 30.5 Å². The van der Waals surface area contributed by atoms with E-state index in [0.717, 1.165) is 31.2 Å². The molecule has 176 valence electrons. The zero-order chi connectivity index (χ0) is 24.3. The molecule has 2 atom stereocenters. The SMILES string of the molecule is CCCCC(=O)c1ncc(Cl)c([C@@]23CC[C@@H](c4cc(-c5c(F)cccc5F)nnc42)C3(C)C)n1. The van der Waals surface area contributed by atoms with Gasteiger partial charge in [-0.15, -0.1) is 5.10 Å². The first kappa shape index (κ1) is 23.0. The third-order valence-electron chi connectivity index (χ3n) is 7.76. The van der Waals surface area contributed by atoms with Crippen LogP contribution in [0.2, 0.25) is 5.02 Å². The maximum absolute atomic E-state index is 14.5. The summed E-state index contributed by atoms with van der Waals surface area (Å²) in [5, 5.41) is 9.14. The largest absolute Gasteiger partial charge is 0.291 e. The van der Waals surface area contributed by atoms with Crippen LogP contribution >= 0.6 is 11.6 Å². The van der Waals surface area contributed by atoms with Crippen LogP contribution in [-0.4, -0.2) is 25.9 Å². The summed E-state index contributed by atoms with van der Waals surface area (Å²) >= 11 is 6.65. The number of rotatable bonds is 6. The molecule has 0 N–H and O–H groups in total. The Balaban J connectivity index is 1.67. The van der Waals surface area contributed by atoms with Gasteiger partial charge in [-0.25, -0.2) is 18.7 Å². The van der Waals surface area contributed by atoms with Crippen molar-refractivity contribution in [1.82, 2.24) is 20.2 Å². The summed E-state index contributed by atoms with van der Waals surface area (Å²) in [6, 6.07) is 5.50. The number of carbonyl (C=O) groups excluding carboxylic acids is 1. The van der Waals surface area contributed by atoms with Crippen molar-refractivity contribution >= 4 is 17.4 Å². The number of carbonyl (C=O) groups is 1. The van der Waals surface area contributed by atoms with Crippen molar-refractivity contribution in [3.8, 4) is 11.3 Å². The Bertz CT molecular complexity index is 1290. The van der Waals surface area contributed by atoms with Crippen LogP contribution in [0, 0.1) is 17.0 Å². The number of nitrogens with zero attached hydrogens (tertiary/aromatic N) is 4. The van der Waals surface area contributed by atoms with Crippen molar-refractivity contribution in [3.05, 3.63) is 69.9 Å². The molecule has 1 fully saturated rings. The molecule has 0 aliphatic heterocycles. The van der Waals surface area contributed by atoms with Gasteiger partial charge in [0.05, 0.1) is 39.3 Å². The number of fused-ring (bicyclic) bond motifs is 5. The van der Waals surface area contributed by atoms with E-state index in [4.69, 9.17) is 16.6 Å². The minimum atomic E-state index is -0.680. The number of Topliss-reactive ketones (excluding diaryl/α,β-unsaturated/α-hetero) is 1. The molecule has 2 aromatic heterocycles. The molecule has 8 heteroatoms. The van der Waals surface area contributed by atoms with E-state index >= 15 is 0 Å². The molecule has 2 aliphatic rings. The summed E-state index contributed by atoms with van der Waals surface area (Å²) in [5.74, 6) is -1.23. The second kappa shape index (κ2) is 8.15. The lowest BCUT2D eigenvalue weighted by Crippen LogP contribution is -2.38. The van der Waals surface area contributed by atoms with Gasteiger partial charge in [-0.05, 0) is 54.4 Å². The highest BCUT2D eigenvalue weighted by molar-refractivity contribution is 6.31. The molecule has 3 aromatic rings. The summed E-state index contributed by atoms with van der Waals surface area (Å²) in [7, 11) is 0. The van der Waals surface area contributed by atoms with Crippen LogP contribution in [0.1, 0.15) is 86.4 Å². The molecule has 0 saturated heterocycles. The third-order valence-corrected chi connectivity index (χ3v) is 8.03. The number of unbranched alkanes of at least 4 members (excludes halogenated alkanes) is 1. The molecular formula is C26H25ClF2N4O. The molecule has 1 aromatic carbocycles. The normalized spacial score (nSPS) is 22.1. The summed E-state index contributed by atoms with van der Waals surface area (Å²) in [6.45, 7) is 6.29. The highest BCUT2D eigenvalue weighted by Gasteiger charge is 2.65.